The van der Waals surface area contributed by atoms with Gasteiger partial charge in [-0.1, -0.05) is 71.7 Å². The minimum atomic E-state index is -0.700. The van der Waals surface area contributed by atoms with Crippen molar-refractivity contribution in [1.29, 1.82) is 0 Å². The number of halogens is 2. The Hall–Kier alpha value is -2.82. The standard InChI is InChI=1S/C22H18Cl2N2O2/c1-15(22(27)26-25-14-16-7-12-20(23)21(24)13-16)28-19-10-8-18(9-11-19)17-5-3-2-4-6-17/h2-15H,1H3,(H,26,27)/b25-14+. The molecule has 28 heavy (non-hydrogen) atoms. The van der Waals surface area contributed by atoms with Crippen molar-refractivity contribution in [2.45, 2.75) is 13.0 Å². The van der Waals surface area contributed by atoms with Gasteiger partial charge < -0.3 is 4.74 Å². The van der Waals surface area contributed by atoms with Crippen molar-refractivity contribution in [2.75, 3.05) is 0 Å². The monoisotopic (exact) mass is 412 g/mol. The third-order valence-electron chi connectivity index (χ3n) is 3.98. The van der Waals surface area contributed by atoms with Gasteiger partial charge >= 0.3 is 0 Å². The maximum atomic E-state index is 12.2. The smallest absolute Gasteiger partial charge is 0.280 e. The average Bonchev–Trinajstić information content (AvgIpc) is 2.72. The van der Waals surface area contributed by atoms with Crippen LogP contribution in [0.5, 0.6) is 5.75 Å². The normalized spacial score (nSPS) is 12.0. The Morgan fingerprint density at radius 2 is 1.64 bits per heavy atom. The fraction of sp³-hybridized carbons (Fsp3) is 0.0909. The first kappa shape index (κ1) is 19.9. The van der Waals surface area contributed by atoms with Gasteiger partial charge in [0.1, 0.15) is 5.75 Å². The van der Waals surface area contributed by atoms with Crippen LogP contribution in [0.3, 0.4) is 0 Å². The lowest BCUT2D eigenvalue weighted by atomic mass is 10.1. The third-order valence-corrected chi connectivity index (χ3v) is 4.71. The van der Waals surface area contributed by atoms with E-state index < -0.39 is 6.10 Å². The van der Waals surface area contributed by atoms with Gasteiger partial charge in [-0.05, 0) is 47.9 Å². The number of ether oxygens (including phenoxy) is 1. The van der Waals surface area contributed by atoms with E-state index in [1.165, 1.54) is 6.21 Å². The fourth-order valence-electron chi connectivity index (χ4n) is 2.47. The van der Waals surface area contributed by atoms with Crippen molar-refractivity contribution in [3.8, 4) is 16.9 Å². The molecule has 0 bridgehead atoms. The molecule has 0 fully saturated rings. The van der Waals surface area contributed by atoms with Crippen LogP contribution in [-0.4, -0.2) is 18.2 Å². The Bertz CT molecular complexity index is 974. The van der Waals surface area contributed by atoms with E-state index in [-0.39, 0.29) is 5.91 Å². The lowest BCUT2D eigenvalue weighted by molar-refractivity contribution is -0.127. The largest absolute Gasteiger partial charge is 0.481 e. The molecule has 0 aliphatic heterocycles. The molecule has 0 aliphatic carbocycles. The minimum absolute atomic E-state index is 0.358. The summed E-state index contributed by atoms with van der Waals surface area (Å²) in [7, 11) is 0. The molecule has 1 N–H and O–H groups in total. The molecular weight excluding hydrogens is 395 g/mol. The molecule has 0 heterocycles. The molecule has 142 valence electrons. The molecule has 0 aromatic heterocycles. The number of carbonyl (C=O) groups excluding carboxylic acids is 1. The highest BCUT2D eigenvalue weighted by molar-refractivity contribution is 6.42. The first-order valence-electron chi connectivity index (χ1n) is 8.63. The highest BCUT2D eigenvalue weighted by atomic mass is 35.5. The molecule has 0 aliphatic rings. The molecule has 0 spiro atoms. The summed E-state index contributed by atoms with van der Waals surface area (Å²) in [4.78, 5) is 12.2. The number of hydrazone groups is 1. The van der Waals surface area contributed by atoms with Crippen molar-refractivity contribution < 1.29 is 9.53 Å². The summed E-state index contributed by atoms with van der Waals surface area (Å²) in [5, 5.41) is 4.81. The molecular formula is C22H18Cl2N2O2. The molecule has 6 heteroatoms. The maximum Gasteiger partial charge on any atom is 0.280 e. The van der Waals surface area contributed by atoms with Crippen LogP contribution in [0.15, 0.2) is 77.9 Å². The maximum absolute atomic E-state index is 12.2. The van der Waals surface area contributed by atoms with Crippen molar-refractivity contribution in [3.63, 3.8) is 0 Å². The van der Waals surface area contributed by atoms with E-state index in [9.17, 15) is 4.79 Å². The summed E-state index contributed by atoms with van der Waals surface area (Å²) in [5.41, 5.74) is 5.38. The van der Waals surface area contributed by atoms with Crippen molar-refractivity contribution in [3.05, 3.63) is 88.4 Å². The second kappa shape index (κ2) is 9.40. The predicted molar refractivity (Wildman–Crippen MR) is 114 cm³/mol. The van der Waals surface area contributed by atoms with E-state index in [1.807, 2.05) is 54.6 Å². The van der Waals surface area contributed by atoms with E-state index >= 15 is 0 Å². The SMILES string of the molecule is CC(Oc1ccc(-c2ccccc2)cc1)C(=O)N/N=C/c1ccc(Cl)c(Cl)c1. The Balaban J connectivity index is 1.55. The number of rotatable bonds is 6. The fourth-order valence-corrected chi connectivity index (χ4v) is 2.77. The van der Waals surface area contributed by atoms with Crippen molar-refractivity contribution >= 4 is 35.3 Å². The molecule has 1 atom stereocenters. The summed E-state index contributed by atoms with van der Waals surface area (Å²) >= 11 is 11.8. The summed E-state index contributed by atoms with van der Waals surface area (Å²) < 4.78 is 5.68. The van der Waals surface area contributed by atoms with Crippen LogP contribution in [0.25, 0.3) is 11.1 Å². The highest BCUT2D eigenvalue weighted by Crippen LogP contribution is 2.23. The number of benzene rings is 3. The third kappa shape index (κ3) is 5.35. The zero-order chi connectivity index (χ0) is 19.9. The first-order chi connectivity index (χ1) is 13.5. The van der Waals surface area contributed by atoms with Gasteiger partial charge in [-0.2, -0.15) is 5.10 Å². The van der Waals surface area contributed by atoms with E-state index in [4.69, 9.17) is 27.9 Å². The summed E-state index contributed by atoms with van der Waals surface area (Å²) in [5.74, 6) is 0.249. The second-order valence-electron chi connectivity index (χ2n) is 6.06. The van der Waals surface area contributed by atoms with Gasteiger partial charge in [-0.3, -0.25) is 4.79 Å². The Morgan fingerprint density at radius 1 is 0.964 bits per heavy atom. The number of amides is 1. The molecule has 1 unspecified atom stereocenters. The number of carbonyl (C=O) groups is 1. The minimum Gasteiger partial charge on any atom is -0.481 e. The molecule has 3 aromatic rings. The number of nitrogens with zero attached hydrogens (tertiary/aromatic N) is 1. The Kier molecular flexibility index (Phi) is 6.69. The van der Waals surface area contributed by atoms with Crippen LogP contribution in [0, 0.1) is 0 Å². The van der Waals surface area contributed by atoms with Gasteiger partial charge in [0.2, 0.25) is 0 Å². The molecule has 0 saturated heterocycles. The van der Waals surface area contributed by atoms with Crippen molar-refractivity contribution in [1.82, 2.24) is 5.43 Å². The van der Waals surface area contributed by atoms with Gasteiger partial charge in [0.25, 0.3) is 5.91 Å². The quantitative estimate of drug-likeness (QED) is 0.424. The van der Waals surface area contributed by atoms with E-state index in [0.717, 1.165) is 16.7 Å². The zero-order valence-electron chi connectivity index (χ0n) is 15.1. The summed E-state index contributed by atoms with van der Waals surface area (Å²) in [6.07, 6.45) is 0.787. The van der Waals surface area contributed by atoms with Gasteiger partial charge in [0.05, 0.1) is 16.3 Å². The first-order valence-corrected chi connectivity index (χ1v) is 9.38. The van der Waals surface area contributed by atoms with Crippen LogP contribution in [-0.2, 0) is 4.79 Å². The summed E-state index contributed by atoms with van der Waals surface area (Å²) in [6, 6.07) is 22.7. The van der Waals surface area contributed by atoms with Crippen LogP contribution >= 0.6 is 23.2 Å². The molecule has 3 rings (SSSR count). The van der Waals surface area contributed by atoms with Gasteiger partial charge in [-0.25, -0.2) is 5.43 Å². The number of nitrogens with one attached hydrogen (secondary N) is 1. The van der Waals surface area contributed by atoms with Gasteiger partial charge in [0, 0.05) is 0 Å². The number of hydrogen-bond acceptors (Lipinski definition) is 3. The zero-order valence-corrected chi connectivity index (χ0v) is 16.6. The number of hydrogen-bond donors (Lipinski definition) is 1. The Labute approximate surface area is 173 Å². The van der Waals surface area contributed by atoms with Crippen molar-refractivity contribution in [2.24, 2.45) is 5.10 Å². The van der Waals surface area contributed by atoms with E-state index in [0.29, 0.717) is 15.8 Å². The predicted octanol–water partition coefficient (Wildman–Crippen LogP) is 5.58. The van der Waals surface area contributed by atoms with E-state index in [2.05, 4.69) is 10.5 Å². The molecule has 0 saturated carbocycles. The highest BCUT2D eigenvalue weighted by Gasteiger charge is 2.14. The lowest BCUT2D eigenvalue weighted by Gasteiger charge is -2.13. The lowest BCUT2D eigenvalue weighted by Crippen LogP contribution is -2.33. The summed E-state index contributed by atoms with van der Waals surface area (Å²) in [6.45, 7) is 1.66. The van der Waals surface area contributed by atoms with Gasteiger partial charge in [-0.15, -0.1) is 0 Å². The van der Waals surface area contributed by atoms with E-state index in [1.54, 1.807) is 25.1 Å². The van der Waals surface area contributed by atoms with Crippen LogP contribution in [0.2, 0.25) is 10.0 Å². The topological polar surface area (TPSA) is 50.7 Å². The molecule has 3 aromatic carbocycles. The average molecular weight is 413 g/mol. The molecule has 4 nitrogen and oxygen atoms in total. The van der Waals surface area contributed by atoms with Crippen LogP contribution < -0.4 is 10.2 Å². The Morgan fingerprint density at radius 3 is 2.32 bits per heavy atom. The van der Waals surface area contributed by atoms with Gasteiger partial charge in [0.15, 0.2) is 6.10 Å². The second-order valence-corrected chi connectivity index (χ2v) is 6.87. The molecule has 1 amide bonds. The van der Waals surface area contributed by atoms with Crippen LogP contribution in [0.1, 0.15) is 12.5 Å². The van der Waals surface area contributed by atoms with Crippen LogP contribution in [0.4, 0.5) is 0 Å². The molecule has 0 radical (unpaired) electrons.